The van der Waals surface area contributed by atoms with E-state index in [1.807, 2.05) is 13.8 Å². The molecule has 0 bridgehead atoms. The Labute approximate surface area is 197 Å². The van der Waals surface area contributed by atoms with Crippen molar-refractivity contribution in [1.82, 2.24) is 28.8 Å². The van der Waals surface area contributed by atoms with Gasteiger partial charge in [0, 0.05) is 50.1 Å². The normalized spacial score (nSPS) is 16.7. The first-order valence-electron chi connectivity index (χ1n) is 11.2. The zero-order chi connectivity index (χ0) is 23.9. The highest BCUT2D eigenvalue weighted by molar-refractivity contribution is 7.89. The maximum absolute atomic E-state index is 13.1. The fourth-order valence-corrected chi connectivity index (χ4v) is 5.86. The highest BCUT2D eigenvalue weighted by atomic mass is 32.2. The van der Waals surface area contributed by atoms with Gasteiger partial charge in [-0.05, 0) is 38.0 Å². The first-order chi connectivity index (χ1) is 16.3. The minimum atomic E-state index is -3.69. The van der Waals surface area contributed by atoms with Crippen LogP contribution in [0.1, 0.15) is 23.4 Å². The number of rotatable bonds is 5. The van der Waals surface area contributed by atoms with Gasteiger partial charge in [0.15, 0.2) is 11.5 Å². The van der Waals surface area contributed by atoms with E-state index in [0.29, 0.717) is 56.4 Å². The van der Waals surface area contributed by atoms with Crippen LogP contribution >= 0.6 is 0 Å². The number of hydrogen-bond donors (Lipinski definition) is 0. The van der Waals surface area contributed by atoms with Crippen LogP contribution in [0.3, 0.4) is 0 Å². The molecule has 1 saturated heterocycles. The Kier molecular flexibility index (Phi) is 5.86. The summed E-state index contributed by atoms with van der Waals surface area (Å²) in [7, 11) is -3.69. The van der Waals surface area contributed by atoms with Crippen LogP contribution in [0.5, 0.6) is 11.5 Å². The smallest absolute Gasteiger partial charge is 0.252 e. The van der Waals surface area contributed by atoms with Crippen LogP contribution in [0.2, 0.25) is 0 Å². The predicted molar refractivity (Wildman–Crippen MR) is 121 cm³/mol. The lowest BCUT2D eigenvalue weighted by Crippen LogP contribution is -2.50. The molecule has 0 radical (unpaired) electrons. The Hall–Kier alpha value is -3.25. The second-order valence-electron chi connectivity index (χ2n) is 8.32. The molecule has 2 aliphatic heterocycles. The number of amides is 1. The molecule has 0 atom stereocenters. The fraction of sp³-hybridized carbons (Fsp3) is 0.455. The van der Waals surface area contributed by atoms with Gasteiger partial charge >= 0.3 is 0 Å². The summed E-state index contributed by atoms with van der Waals surface area (Å²) in [5.41, 5.74) is 2.73. The van der Waals surface area contributed by atoms with Gasteiger partial charge in [-0.2, -0.15) is 14.4 Å². The van der Waals surface area contributed by atoms with Crippen molar-refractivity contribution in [3.8, 4) is 11.5 Å². The van der Waals surface area contributed by atoms with Crippen LogP contribution in [0.4, 0.5) is 0 Å². The second kappa shape index (κ2) is 8.84. The third kappa shape index (κ3) is 4.07. The van der Waals surface area contributed by atoms with E-state index in [1.165, 1.54) is 22.8 Å². The standard InChI is InChI=1S/C22H26N6O5S/c1-15-18(16(2)28-22(25-15)23-14-24-28)4-6-21(29)26-7-9-27(10-8-26)34(30,31)17-3-5-19-20(13-17)33-12-11-32-19/h3,5,13-14H,4,6-12H2,1-2H3. The lowest BCUT2D eigenvalue weighted by molar-refractivity contribution is -0.132. The minimum absolute atomic E-state index is 0.00568. The van der Waals surface area contributed by atoms with Crippen LogP contribution in [0.15, 0.2) is 29.4 Å². The lowest BCUT2D eigenvalue weighted by atomic mass is 10.1. The molecule has 0 saturated carbocycles. The number of ether oxygens (including phenoxy) is 2. The summed E-state index contributed by atoms with van der Waals surface area (Å²) in [5, 5.41) is 4.19. The molecule has 2 aliphatic rings. The highest BCUT2D eigenvalue weighted by Crippen LogP contribution is 2.33. The SMILES string of the molecule is Cc1nc2ncnn2c(C)c1CCC(=O)N1CCN(S(=O)(=O)c2ccc3c(c2)OCCO3)CC1. The Morgan fingerprint density at radius 2 is 1.79 bits per heavy atom. The molecule has 34 heavy (non-hydrogen) atoms. The lowest BCUT2D eigenvalue weighted by Gasteiger charge is -2.34. The molecule has 1 fully saturated rings. The molecule has 1 amide bonds. The van der Waals surface area contributed by atoms with Crippen molar-refractivity contribution in [3.63, 3.8) is 0 Å². The summed E-state index contributed by atoms with van der Waals surface area (Å²) >= 11 is 0. The number of hydrogen-bond acceptors (Lipinski definition) is 8. The minimum Gasteiger partial charge on any atom is -0.486 e. The third-order valence-electron chi connectivity index (χ3n) is 6.32. The van der Waals surface area contributed by atoms with Crippen LogP contribution in [0, 0.1) is 13.8 Å². The Morgan fingerprint density at radius 3 is 2.56 bits per heavy atom. The van der Waals surface area contributed by atoms with Gasteiger partial charge in [-0.25, -0.2) is 17.9 Å². The number of nitrogens with zero attached hydrogens (tertiary/aromatic N) is 6. The quantitative estimate of drug-likeness (QED) is 0.524. The van der Waals surface area contributed by atoms with Crippen molar-refractivity contribution in [2.24, 2.45) is 0 Å². The first-order valence-corrected chi connectivity index (χ1v) is 12.6. The van der Waals surface area contributed by atoms with Crippen LogP contribution in [-0.2, 0) is 21.2 Å². The van der Waals surface area contributed by atoms with Crippen molar-refractivity contribution in [3.05, 3.63) is 41.5 Å². The largest absolute Gasteiger partial charge is 0.486 e. The molecule has 4 heterocycles. The average Bonchev–Trinajstić information content (AvgIpc) is 3.32. The highest BCUT2D eigenvalue weighted by Gasteiger charge is 2.31. The molecule has 0 aliphatic carbocycles. The monoisotopic (exact) mass is 486 g/mol. The topological polar surface area (TPSA) is 119 Å². The molecule has 0 unspecified atom stereocenters. The number of aryl methyl sites for hydroxylation is 2. The van der Waals surface area contributed by atoms with Crippen LogP contribution in [-0.4, -0.2) is 82.5 Å². The van der Waals surface area contributed by atoms with Crippen molar-refractivity contribution < 1.29 is 22.7 Å². The van der Waals surface area contributed by atoms with Gasteiger partial charge in [0.1, 0.15) is 19.5 Å². The zero-order valence-corrected chi connectivity index (χ0v) is 19.9. The van der Waals surface area contributed by atoms with E-state index in [-0.39, 0.29) is 23.9 Å². The number of fused-ring (bicyclic) bond motifs is 2. The summed E-state index contributed by atoms with van der Waals surface area (Å²) in [6.45, 7) is 5.86. The van der Waals surface area contributed by atoms with E-state index in [1.54, 1.807) is 15.5 Å². The Morgan fingerprint density at radius 1 is 1.06 bits per heavy atom. The van der Waals surface area contributed by atoms with Gasteiger partial charge in [-0.15, -0.1) is 0 Å². The number of benzene rings is 1. The van der Waals surface area contributed by atoms with Gasteiger partial charge in [0.05, 0.1) is 4.90 Å². The molecule has 2 aromatic heterocycles. The van der Waals surface area contributed by atoms with Crippen molar-refractivity contribution >= 4 is 21.7 Å². The fourth-order valence-electron chi connectivity index (χ4n) is 4.42. The van der Waals surface area contributed by atoms with Gasteiger partial charge in [-0.1, -0.05) is 0 Å². The average molecular weight is 487 g/mol. The number of piperazine rings is 1. The van der Waals surface area contributed by atoms with Crippen LogP contribution in [0.25, 0.3) is 5.78 Å². The number of carbonyl (C=O) groups is 1. The molecule has 1 aromatic carbocycles. The van der Waals surface area contributed by atoms with Gasteiger partial charge in [0.25, 0.3) is 5.78 Å². The maximum Gasteiger partial charge on any atom is 0.252 e. The maximum atomic E-state index is 13.1. The Bertz CT molecular complexity index is 1350. The molecule has 11 nitrogen and oxygen atoms in total. The number of aromatic nitrogens is 4. The van der Waals surface area contributed by atoms with E-state index >= 15 is 0 Å². The molecule has 0 N–H and O–H groups in total. The molecular formula is C22H26N6O5S. The summed E-state index contributed by atoms with van der Waals surface area (Å²) < 4.78 is 40.3. The molecule has 0 spiro atoms. The number of sulfonamides is 1. The van der Waals surface area contributed by atoms with E-state index in [9.17, 15) is 13.2 Å². The van der Waals surface area contributed by atoms with E-state index < -0.39 is 10.0 Å². The zero-order valence-electron chi connectivity index (χ0n) is 19.1. The van der Waals surface area contributed by atoms with Crippen LogP contribution < -0.4 is 9.47 Å². The van der Waals surface area contributed by atoms with Gasteiger partial charge in [0.2, 0.25) is 15.9 Å². The second-order valence-corrected chi connectivity index (χ2v) is 10.3. The summed E-state index contributed by atoms with van der Waals surface area (Å²) in [4.78, 5) is 23.3. The molecule has 5 rings (SSSR count). The predicted octanol–water partition coefficient (Wildman–Crippen LogP) is 0.978. The summed E-state index contributed by atoms with van der Waals surface area (Å²) in [5.74, 6) is 1.52. The third-order valence-corrected chi connectivity index (χ3v) is 8.21. The van der Waals surface area contributed by atoms with E-state index in [0.717, 1.165) is 17.0 Å². The van der Waals surface area contributed by atoms with E-state index in [4.69, 9.17) is 9.47 Å². The van der Waals surface area contributed by atoms with Gasteiger partial charge < -0.3 is 14.4 Å². The number of carbonyl (C=O) groups excluding carboxylic acids is 1. The summed E-state index contributed by atoms with van der Waals surface area (Å²) in [6, 6.07) is 4.66. The Balaban J connectivity index is 1.21. The van der Waals surface area contributed by atoms with Crippen molar-refractivity contribution in [1.29, 1.82) is 0 Å². The van der Waals surface area contributed by atoms with Crippen molar-refractivity contribution in [2.75, 3.05) is 39.4 Å². The molecule has 180 valence electrons. The summed E-state index contributed by atoms with van der Waals surface area (Å²) in [6.07, 6.45) is 2.32. The molecule has 3 aromatic rings. The molecule has 12 heteroatoms. The first kappa shape index (κ1) is 22.5. The molecular weight excluding hydrogens is 460 g/mol. The van der Waals surface area contributed by atoms with E-state index in [2.05, 4.69) is 15.1 Å². The van der Waals surface area contributed by atoms with Crippen molar-refractivity contribution in [2.45, 2.75) is 31.6 Å². The van der Waals surface area contributed by atoms with Gasteiger partial charge in [-0.3, -0.25) is 4.79 Å².